The first-order chi connectivity index (χ1) is 13.8. The predicted molar refractivity (Wildman–Crippen MR) is 99.9 cm³/mol. The number of hydrogen-bond donors (Lipinski definition) is 0. The summed E-state index contributed by atoms with van der Waals surface area (Å²) in [5.74, 6) is -1.90. The van der Waals surface area contributed by atoms with Gasteiger partial charge >= 0.3 is 12.0 Å². The Morgan fingerprint density at radius 1 is 1.17 bits per heavy atom. The maximum atomic E-state index is 14.4. The maximum absolute atomic E-state index is 14.4. The molecule has 0 saturated carbocycles. The van der Waals surface area contributed by atoms with Gasteiger partial charge in [-0.1, -0.05) is 0 Å². The number of amides is 1. The molecular weight excluding hydrogens is 385 g/mol. The molecule has 3 heterocycles. The van der Waals surface area contributed by atoms with Crippen molar-refractivity contribution >= 4 is 11.6 Å². The highest BCUT2D eigenvalue weighted by Crippen LogP contribution is 2.40. The van der Waals surface area contributed by atoms with Crippen LogP contribution in [0.3, 0.4) is 0 Å². The number of carbonyl (C=O) groups excluding carboxylic acids is 1. The number of aryl methyl sites for hydroxylation is 1. The number of halogens is 3. The van der Waals surface area contributed by atoms with Crippen LogP contribution in [-0.4, -0.2) is 51.9 Å². The second-order valence-electron chi connectivity index (χ2n) is 7.65. The molecule has 6 nitrogen and oxygen atoms in total. The number of likely N-dealkylation sites (tertiary alicyclic amines) is 1. The van der Waals surface area contributed by atoms with Gasteiger partial charge in [-0.3, -0.25) is 14.4 Å². The van der Waals surface area contributed by atoms with Crippen LogP contribution in [0.25, 0.3) is 0 Å². The van der Waals surface area contributed by atoms with Gasteiger partial charge in [-0.15, -0.1) is 0 Å². The molecule has 1 aromatic heterocycles. The minimum Gasteiger partial charge on any atom is -0.304 e. The van der Waals surface area contributed by atoms with Crippen LogP contribution in [0.5, 0.6) is 0 Å². The molecular formula is C20H23F3N4O2. The molecule has 0 N–H and O–H groups in total. The molecule has 1 aromatic carbocycles. The van der Waals surface area contributed by atoms with Crippen molar-refractivity contribution in [2.75, 3.05) is 24.5 Å². The van der Waals surface area contributed by atoms with Gasteiger partial charge in [-0.25, -0.2) is 4.39 Å². The number of ether oxygens (including phenoxy) is 1. The molecule has 4 rings (SSSR count). The number of rotatable bonds is 4. The first kappa shape index (κ1) is 19.9. The molecule has 0 bridgehead atoms. The van der Waals surface area contributed by atoms with Crippen LogP contribution in [0.15, 0.2) is 36.7 Å². The van der Waals surface area contributed by atoms with E-state index in [-0.39, 0.29) is 12.2 Å². The first-order valence-electron chi connectivity index (χ1n) is 9.69. The second kappa shape index (κ2) is 7.46. The Balaban J connectivity index is 1.47. The van der Waals surface area contributed by atoms with Crippen LogP contribution in [0, 0.1) is 5.82 Å². The number of alkyl halides is 2. The van der Waals surface area contributed by atoms with Crippen molar-refractivity contribution in [1.82, 2.24) is 14.7 Å². The number of aromatic nitrogens is 2. The van der Waals surface area contributed by atoms with Crippen molar-refractivity contribution < 1.29 is 22.7 Å². The van der Waals surface area contributed by atoms with Crippen molar-refractivity contribution in [3.8, 4) is 0 Å². The molecule has 2 aliphatic heterocycles. The molecule has 1 spiro atoms. The zero-order valence-corrected chi connectivity index (χ0v) is 16.2. The predicted octanol–water partition coefficient (Wildman–Crippen LogP) is 3.03. The molecule has 2 aromatic rings. The van der Waals surface area contributed by atoms with E-state index in [4.69, 9.17) is 4.74 Å². The van der Waals surface area contributed by atoms with Crippen molar-refractivity contribution in [1.29, 1.82) is 0 Å². The van der Waals surface area contributed by atoms with Crippen LogP contribution >= 0.6 is 0 Å². The third-order valence-electron chi connectivity index (χ3n) is 5.61. The summed E-state index contributed by atoms with van der Waals surface area (Å²) in [7, 11) is 0. The van der Waals surface area contributed by atoms with Gasteiger partial charge in [-0.05, 0) is 44.0 Å². The van der Waals surface area contributed by atoms with Crippen LogP contribution in [0.1, 0.15) is 25.3 Å². The zero-order valence-electron chi connectivity index (χ0n) is 16.2. The van der Waals surface area contributed by atoms with Crippen molar-refractivity contribution in [2.45, 2.75) is 44.6 Å². The Kier molecular flexibility index (Phi) is 5.12. The highest BCUT2D eigenvalue weighted by Gasteiger charge is 2.57. The quantitative estimate of drug-likeness (QED) is 0.781. The Labute approximate surface area is 166 Å². The van der Waals surface area contributed by atoms with E-state index < -0.39 is 23.4 Å². The molecule has 156 valence electrons. The van der Waals surface area contributed by atoms with E-state index in [0.29, 0.717) is 32.5 Å². The highest BCUT2D eigenvalue weighted by molar-refractivity contribution is 5.98. The average molecular weight is 408 g/mol. The fourth-order valence-electron chi connectivity index (χ4n) is 3.99. The van der Waals surface area contributed by atoms with E-state index in [0.717, 1.165) is 29.1 Å². The number of morpholine rings is 1. The maximum Gasteiger partial charge on any atom is 0.437 e. The number of anilines is 1. The lowest BCUT2D eigenvalue weighted by Gasteiger charge is -2.48. The molecule has 2 saturated heterocycles. The van der Waals surface area contributed by atoms with Gasteiger partial charge in [-0.2, -0.15) is 13.9 Å². The standard InChI is InChI=1S/C20H23F3N4O2/c1-2-26-13-15(11-24-26)12-25-9-7-19(8-10-25)14-27(18(28)20(22,23)29-19)17-5-3-16(21)4-6-17/h3-6,11,13H,2,7-10,12,14H2,1H3. The first-order valence-corrected chi connectivity index (χ1v) is 9.69. The third-order valence-corrected chi connectivity index (χ3v) is 5.61. The molecule has 2 fully saturated rings. The average Bonchev–Trinajstić information content (AvgIpc) is 3.15. The summed E-state index contributed by atoms with van der Waals surface area (Å²) in [6.07, 6.45) is 0.626. The SMILES string of the molecule is CCn1cc(CN2CCC3(CC2)CN(c2ccc(F)cc2)C(=O)C(F)(F)O3)cn1. The minimum absolute atomic E-state index is 0.0225. The number of piperidine rings is 1. The van der Waals surface area contributed by atoms with Gasteiger partial charge in [0.15, 0.2) is 0 Å². The van der Waals surface area contributed by atoms with Gasteiger partial charge in [0, 0.05) is 43.6 Å². The molecule has 1 amide bonds. The highest BCUT2D eigenvalue weighted by atomic mass is 19.3. The fraction of sp³-hybridized carbons (Fsp3) is 0.500. The van der Waals surface area contributed by atoms with Gasteiger partial charge < -0.3 is 9.64 Å². The summed E-state index contributed by atoms with van der Waals surface area (Å²) in [6.45, 7) is 4.65. The summed E-state index contributed by atoms with van der Waals surface area (Å²) in [4.78, 5) is 15.4. The number of benzene rings is 1. The van der Waals surface area contributed by atoms with Crippen LogP contribution in [-0.2, 0) is 22.6 Å². The molecule has 0 atom stereocenters. The van der Waals surface area contributed by atoms with E-state index >= 15 is 0 Å². The van der Waals surface area contributed by atoms with Gasteiger partial charge in [0.05, 0.1) is 18.3 Å². The van der Waals surface area contributed by atoms with E-state index in [1.165, 1.54) is 12.1 Å². The van der Waals surface area contributed by atoms with E-state index in [1.54, 1.807) is 0 Å². The Morgan fingerprint density at radius 3 is 2.48 bits per heavy atom. The summed E-state index contributed by atoms with van der Waals surface area (Å²) in [5.41, 5.74) is 0.185. The minimum atomic E-state index is -3.91. The Hall–Kier alpha value is -2.39. The normalized spacial score (nSPS) is 21.7. The van der Waals surface area contributed by atoms with Crippen LogP contribution < -0.4 is 4.90 Å². The van der Waals surface area contributed by atoms with Crippen molar-refractivity contribution in [2.24, 2.45) is 0 Å². The second-order valence-corrected chi connectivity index (χ2v) is 7.65. The molecule has 0 aliphatic carbocycles. The van der Waals surface area contributed by atoms with E-state index in [9.17, 15) is 18.0 Å². The van der Waals surface area contributed by atoms with E-state index in [1.807, 2.05) is 24.0 Å². The summed E-state index contributed by atoms with van der Waals surface area (Å²) < 4.78 is 49.0. The van der Waals surface area contributed by atoms with Crippen LogP contribution in [0.4, 0.5) is 18.9 Å². The van der Waals surface area contributed by atoms with Crippen molar-refractivity contribution in [3.05, 3.63) is 48.0 Å². The van der Waals surface area contributed by atoms with E-state index in [2.05, 4.69) is 10.00 Å². The molecule has 2 aliphatic rings. The monoisotopic (exact) mass is 408 g/mol. The zero-order chi connectivity index (χ0) is 20.6. The smallest absolute Gasteiger partial charge is 0.304 e. The summed E-state index contributed by atoms with van der Waals surface area (Å²) in [6, 6.07) is 4.98. The summed E-state index contributed by atoms with van der Waals surface area (Å²) in [5, 5.41) is 4.26. The largest absolute Gasteiger partial charge is 0.437 e. The lowest BCUT2D eigenvalue weighted by molar-refractivity contribution is -0.293. The number of carbonyl (C=O) groups is 1. The lowest BCUT2D eigenvalue weighted by Crippen LogP contribution is -2.64. The van der Waals surface area contributed by atoms with Crippen molar-refractivity contribution in [3.63, 3.8) is 0 Å². The lowest BCUT2D eigenvalue weighted by atomic mass is 9.88. The topological polar surface area (TPSA) is 50.6 Å². The number of hydrogen-bond acceptors (Lipinski definition) is 4. The van der Waals surface area contributed by atoms with Gasteiger partial charge in [0.25, 0.3) is 0 Å². The Bertz CT molecular complexity index is 876. The molecule has 0 radical (unpaired) electrons. The third kappa shape index (κ3) is 4.02. The Morgan fingerprint density at radius 2 is 1.86 bits per heavy atom. The van der Waals surface area contributed by atoms with Crippen LogP contribution in [0.2, 0.25) is 0 Å². The fourth-order valence-corrected chi connectivity index (χ4v) is 3.99. The number of nitrogens with zero attached hydrogens (tertiary/aromatic N) is 4. The molecule has 0 unspecified atom stereocenters. The summed E-state index contributed by atoms with van der Waals surface area (Å²) >= 11 is 0. The molecule has 29 heavy (non-hydrogen) atoms. The molecule has 9 heteroatoms. The van der Waals surface area contributed by atoms with Gasteiger partial charge in [0.1, 0.15) is 5.82 Å². The van der Waals surface area contributed by atoms with Gasteiger partial charge in [0.2, 0.25) is 0 Å².